The Kier molecular flexibility index (Phi) is 5.46. The zero-order valence-electron chi connectivity index (χ0n) is 14.3. The fourth-order valence-corrected chi connectivity index (χ4v) is 3.48. The van der Waals surface area contributed by atoms with Crippen LogP contribution >= 0.6 is 11.3 Å². The number of para-hydroxylation sites is 2. The van der Waals surface area contributed by atoms with E-state index in [-0.39, 0.29) is 5.91 Å². The predicted molar refractivity (Wildman–Crippen MR) is 101 cm³/mol. The highest BCUT2D eigenvalue weighted by Gasteiger charge is 2.21. The van der Waals surface area contributed by atoms with E-state index >= 15 is 0 Å². The highest BCUT2D eigenvalue weighted by Crippen LogP contribution is 2.24. The van der Waals surface area contributed by atoms with E-state index in [1.807, 2.05) is 74.5 Å². The summed E-state index contributed by atoms with van der Waals surface area (Å²) >= 11 is 1.40. The summed E-state index contributed by atoms with van der Waals surface area (Å²) in [5.41, 5.74) is 1.64. The lowest BCUT2D eigenvalue weighted by Crippen LogP contribution is -2.30. The highest BCUT2D eigenvalue weighted by atomic mass is 32.1. The molecular formula is C20H20N2O2S. The Labute approximate surface area is 151 Å². The predicted octanol–water partition coefficient (Wildman–Crippen LogP) is 4.70. The van der Waals surface area contributed by atoms with Gasteiger partial charge in [-0.05, 0) is 38.1 Å². The maximum atomic E-state index is 12.9. The minimum absolute atomic E-state index is 0.0188. The number of benzene rings is 2. The van der Waals surface area contributed by atoms with Crippen molar-refractivity contribution in [2.45, 2.75) is 20.5 Å². The summed E-state index contributed by atoms with van der Waals surface area (Å²) in [6.45, 7) is 4.81. The number of aromatic nitrogens is 1. The summed E-state index contributed by atoms with van der Waals surface area (Å²) in [5.74, 6) is 0.775. The highest BCUT2D eigenvalue weighted by molar-refractivity contribution is 7.13. The summed E-state index contributed by atoms with van der Waals surface area (Å²) in [6.07, 6.45) is 0. The van der Waals surface area contributed by atoms with E-state index in [1.165, 1.54) is 11.3 Å². The Morgan fingerprint density at radius 3 is 2.36 bits per heavy atom. The van der Waals surface area contributed by atoms with Crippen molar-refractivity contribution in [1.29, 1.82) is 0 Å². The van der Waals surface area contributed by atoms with Gasteiger partial charge < -0.3 is 9.64 Å². The third-order valence-corrected chi connectivity index (χ3v) is 4.89. The van der Waals surface area contributed by atoms with Gasteiger partial charge in [-0.3, -0.25) is 4.79 Å². The zero-order chi connectivity index (χ0) is 17.6. The van der Waals surface area contributed by atoms with Gasteiger partial charge in [0.1, 0.15) is 22.2 Å². The molecule has 0 atom stereocenters. The summed E-state index contributed by atoms with van der Waals surface area (Å²) in [6, 6.07) is 19.3. The molecule has 1 amide bonds. The molecule has 0 saturated carbocycles. The molecule has 0 bridgehead atoms. The van der Waals surface area contributed by atoms with Crippen molar-refractivity contribution in [3.63, 3.8) is 0 Å². The number of carbonyl (C=O) groups is 1. The van der Waals surface area contributed by atoms with Gasteiger partial charge in [0.15, 0.2) is 0 Å². The largest absolute Gasteiger partial charge is 0.486 e. The number of aryl methyl sites for hydroxylation is 1. The van der Waals surface area contributed by atoms with Crippen molar-refractivity contribution >= 4 is 22.9 Å². The lowest BCUT2D eigenvalue weighted by atomic mass is 10.2. The molecule has 2 aromatic carbocycles. The van der Waals surface area contributed by atoms with Gasteiger partial charge in [-0.25, -0.2) is 4.98 Å². The standard InChI is InChI=1S/C20H20N2O2S/c1-3-22(16-10-6-4-7-11-16)20(23)19-15(2)21-18(25-19)14-24-17-12-8-5-9-13-17/h4-13H,3,14H2,1-2H3. The zero-order valence-corrected chi connectivity index (χ0v) is 15.1. The maximum Gasteiger partial charge on any atom is 0.270 e. The lowest BCUT2D eigenvalue weighted by molar-refractivity contribution is 0.0991. The molecule has 3 aromatic rings. The summed E-state index contributed by atoms with van der Waals surface area (Å²) in [7, 11) is 0. The van der Waals surface area contributed by atoms with Crippen LogP contribution in [0.1, 0.15) is 27.3 Å². The molecule has 0 saturated heterocycles. The minimum atomic E-state index is -0.0188. The maximum absolute atomic E-state index is 12.9. The van der Waals surface area contributed by atoms with Gasteiger partial charge in [-0.1, -0.05) is 36.4 Å². The van der Waals surface area contributed by atoms with E-state index in [2.05, 4.69) is 4.98 Å². The van der Waals surface area contributed by atoms with Gasteiger partial charge in [0.05, 0.1) is 5.69 Å². The molecule has 0 aliphatic carbocycles. The van der Waals surface area contributed by atoms with Crippen LogP contribution in [0.2, 0.25) is 0 Å². The normalized spacial score (nSPS) is 10.5. The monoisotopic (exact) mass is 352 g/mol. The van der Waals surface area contributed by atoms with Crippen molar-refractivity contribution < 1.29 is 9.53 Å². The van der Waals surface area contributed by atoms with Crippen molar-refractivity contribution in [3.8, 4) is 5.75 Å². The quantitative estimate of drug-likeness (QED) is 0.646. The number of hydrogen-bond acceptors (Lipinski definition) is 4. The molecule has 1 aromatic heterocycles. The van der Waals surface area contributed by atoms with E-state index in [9.17, 15) is 4.79 Å². The molecule has 25 heavy (non-hydrogen) atoms. The molecule has 1 heterocycles. The molecule has 5 heteroatoms. The molecule has 3 rings (SSSR count). The van der Waals surface area contributed by atoms with Gasteiger partial charge in [0.2, 0.25) is 0 Å². The third kappa shape index (κ3) is 4.06. The second-order valence-electron chi connectivity index (χ2n) is 5.51. The second kappa shape index (κ2) is 7.94. The molecule has 0 aliphatic heterocycles. The number of rotatable bonds is 6. The number of carbonyl (C=O) groups excluding carboxylic acids is 1. The smallest absolute Gasteiger partial charge is 0.270 e. The topological polar surface area (TPSA) is 42.4 Å². The second-order valence-corrected chi connectivity index (χ2v) is 6.59. The molecule has 4 nitrogen and oxygen atoms in total. The average molecular weight is 352 g/mol. The molecule has 0 aliphatic rings. The van der Waals surface area contributed by atoms with E-state index in [4.69, 9.17) is 4.74 Å². The average Bonchev–Trinajstić information content (AvgIpc) is 3.03. The Bertz CT molecular complexity index is 831. The third-order valence-electron chi connectivity index (χ3n) is 3.77. The van der Waals surface area contributed by atoms with Gasteiger partial charge in [0, 0.05) is 12.2 Å². The first-order chi connectivity index (χ1) is 12.2. The molecule has 0 N–H and O–H groups in total. The summed E-state index contributed by atoms with van der Waals surface area (Å²) < 4.78 is 5.73. The van der Waals surface area contributed by atoms with Crippen LogP contribution in [0.3, 0.4) is 0 Å². The first kappa shape index (κ1) is 17.2. The van der Waals surface area contributed by atoms with Crippen molar-refractivity contribution in [1.82, 2.24) is 4.98 Å². The van der Waals surface area contributed by atoms with Crippen molar-refractivity contribution in [3.05, 3.63) is 76.2 Å². The van der Waals surface area contributed by atoms with E-state index in [0.29, 0.717) is 18.0 Å². The van der Waals surface area contributed by atoms with Gasteiger partial charge in [-0.15, -0.1) is 11.3 Å². The first-order valence-corrected chi connectivity index (χ1v) is 9.01. The Hall–Kier alpha value is -2.66. The SMILES string of the molecule is CCN(C(=O)c1sc(COc2ccccc2)nc1C)c1ccccc1. The molecular weight excluding hydrogens is 332 g/mol. The minimum Gasteiger partial charge on any atom is -0.486 e. The van der Waals surface area contributed by atoms with Crippen LogP contribution in [-0.4, -0.2) is 17.4 Å². The van der Waals surface area contributed by atoms with Crippen LogP contribution in [0.15, 0.2) is 60.7 Å². The van der Waals surface area contributed by atoms with E-state index in [1.54, 1.807) is 4.90 Å². The molecule has 0 fully saturated rings. The number of hydrogen-bond donors (Lipinski definition) is 0. The Morgan fingerprint density at radius 1 is 1.08 bits per heavy atom. The lowest BCUT2D eigenvalue weighted by Gasteiger charge is -2.20. The van der Waals surface area contributed by atoms with Crippen molar-refractivity contribution in [2.75, 3.05) is 11.4 Å². The number of ether oxygens (including phenoxy) is 1. The number of thiazole rings is 1. The Balaban J connectivity index is 1.76. The van der Waals surface area contributed by atoms with Gasteiger partial charge >= 0.3 is 0 Å². The number of nitrogens with zero attached hydrogens (tertiary/aromatic N) is 2. The number of amides is 1. The van der Waals surface area contributed by atoms with Gasteiger partial charge in [0.25, 0.3) is 5.91 Å². The van der Waals surface area contributed by atoms with Crippen LogP contribution in [0.4, 0.5) is 5.69 Å². The van der Waals surface area contributed by atoms with Crippen LogP contribution in [-0.2, 0) is 6.61 Å². The van der Waals surface area contributed by atoms with Gasteiger partial charge in [-0.2, -0.15) is 0 Å². The summed E-state index contributed by atoms with van der Waals surface area (Å²) in [4.78, 5) is 19.9. The van der Waals surface area contributed by atoms with E-state index < -0.39 is 0 Å². The van der Waals surface area contributed by atoms with Crippen LogP contribution in [0.5, 0.6) is 5.75 Å². The van der Waals surface area contributed by atoms with Crippen LogP contribution in [0, 0.1) is 6.92 Å². The summed E-state index contributed by atoms with van der Waals surface area (Å²) in [5, 5.41) is 0.800. The molecule has 0 spiro atoms. The fourth-order valence-electron chi connectivity index (χ4n) is 2.55. The molecule has 0 radical (unpaired) electrons. The molecule has 0 unspecified atom stereocenters. The van der Waals surface area contributed by atoms with Crippen LogP contribution in [0.25, 0.3) is 0 Å². The van der Waals surface area contributed by atoms with Crippen LogP contribution < -0.4 is 9.64 Å². The number of anilines is 1. The first-order valence-electron chi connectivity index (χ1n) is 8.20. The van der Waals surface area contributed by atoms with Crippen molar-refractivity contribution in [2.24, 2.45) is 0 Å². The fraction of sp³-hybridized carbons (Fsp3) is 0.200. The van der Waals surface area contributed by atoms with E-state index in [0.717, 1.165) is 22.1 Å². The molecule has 128 valence electrons. The Morgan fingerprint density at radius 2 is 1.72 bits per heavy atom.